The summed E-state index contributed by atoms with van der Waals surface area (Å²) in [6.07, 6.45) is 6.85. The first-order chi connectivity index (χ1) is 9.33. The van der Waals surface area contributed by atoms with E-state index < -0.39 is 0 Å². The minimum absolute atomic E-state index is 0.558. The first kappa shape index (κ1) is 12.7. The number of rotatable bonds is 2. The predicted molar refractivity (Wildman–Crippen MR) is 82.9 cm³/mol. The smallest absolute Gasteiger partial charge is 0.180 e. The van der Waals surface area contributed by atoms with Gasteiger partial charge in [-0.05, 0) is 29.9 Å². The summed E-state index contributed by atoms with van der Waals surface area (Å²) < 4.78 is 0. The second-order valence-electron chi connectivity index (χ2n) is 5.23. The third-order valence-corrected chi connectivity index (χ3v) is 4.74. The minimum Gasteiger partial charge on any atom is -0.377 e. The zero-order valence-electron chi connectivity index (χ0n) is 11.0. The first-order valence-electron chi connectivity index (χ1n) is 6.96. The van der Waals surface area contributed by atoms with Gasteiger partial charge in [0.2, 0.25) is 0 Å². The molecule has 0 amide bonds. The van der Waals surface area contributed by atoms with Crippen molar-refractivity contribution in [2.45, 2.75) is 38.0 Å². The Hall–Kier alpha value is -1.29. The van der Waals surface area contributed by atoms with Crippen LogP contribution in [0.25, 0.3) is 0 Å². The third-order valence-electron chi connectivity index (χ3n) is 3.95. The largest absolute Gasteiger partial charge is 0.377 e. The molecule has 1 aliphatic carbocycles. The van der Waals surface area contributed by atoms with Crippen LogP contribution in [0.3, 0.4) is 0 Å². The molecule has 2 aliphatic rings. The molecule has 1 fully saturated rings. The second-order valence-corrected chi connectivity index (χ2v) is 6.23. The van der Waals surface area contributed by atoms with Gasteiger partial charge in [-0.25, -0.2) is 0 Å². The Bertz CT molecular complexity index is 499. The van der Waals surface area contributed by atoms with E-state index in [2.05, 4.69) is 34.5 Å². The molecule has 0 aromatic heterocycles. The van der Waals surface area contributed by atoms with Crippen molar-refractivity contribution < 1.29 is 0 Å². The van der Waals surface area contributed by atoms with Gasteiger partial charge in [0.1, 0.15) is 0 Å². The van der Waals surface area contributed by atoms with E-state index in [1.165, 1.54) is 43.2 Å². The molecule has 3 rings (SSSR count). The Kier molecular flexibility index (Phi) is 3.87. The average Bonchev–Trinajstić information content (AvgIpc) is 2.49. The lowest BCUT2D eigenvalue weighted by atomic mass is 9.84. The van der Waals surface area contributed by atoms with Gasteiger partial charge in [-0.2, -0.15) is 5.10 Å². The fourth-order valence-corrected chi connectivity index (χ4v) is 3.44. The van der Waals surface area contributed by atoms with Crippen LogP contribution in [0, 0.1) is 0 Å². The molecule has 1 aromatic carbocycles. The maximum absolute atomic E-state index is 5.60. The van der Waals surface area contributed by atoms with Crippen LogP contribution in [-0.4, -0.2) is 16.6 Å². The van der Waals surface area contributed by atoms with Gasteiger partial charge in [0, 0.05) is 5.75 Å². The second kappa shape index (κ2) is 5.78. The van der Waals surface area contributed by atoms with Crippen molar-refractivity contribution in [2.75, 3.05) is 5.75 Å². The predicted octanol–water partition coefficient (Wildman–Crippen LogP) is 3.50. The van der Waals surface area contributed by atoms with Gasteiger partial charge >= 0.3 is 0 Å². The molecular weight excluding hydrogens is 254 g/mol. The summed E-state index contributed by atoms with van der Waals surface area (Å²) in [5.74, 6) is 1.58. The van der Waals surface area contributed by atoms with Gasteiger partial charge in [-0.1, -0.05) is 55.3 Å². The summed E-state index contributed by atoms with van der Waals surface area (Å²) >= 11 is 1.55. The molecule has 0 radical (unpaired) electrons. The SMILES string of the molecule is NC1=NN=C(c2ccc(C3CCCCC3)cc2)CS1. The Labute approximate surface area is 118 Å². The van der Waals surface area contributed by atoms with E-state index in [0.29, 0.717) is 5.17 Å². The van der Waals surface area contributed by atoms with Crippen LogP contribution in [0.15, 0.2) is 34.5 Å². The summed E-state index contributed by atoms with van der Waals surface area (Å²) in [4.78, 5) is 0. The minimum atomic E-state index is 0.558. The normalized spacial score (nSPS) is 20.8. The number of nitrogens with two attached hydrogens (primary N) is 1. The number of thioether (sulfide) groups is 1. The van der Waals surface area contributed by atoms with E-state index >= 15 is 0 Å². The van der Waals surface area contributed by atoms with Crippen LogP contribution < -0.4 is 5.73 Å². The standard InChI is InChI=1S/C15H19N3S/c16-15-18-17-14(10-19-15)13-8-6-12(7-9-13)11-4-2-1-3-5-11/h6-9,11H,1-5,10H2,(H2,16,18). The van der Waals surface area contributed by atoms with Crippen molar-refractivity contribution in [1.82, 2.24) is 0 Å². The number of hydrogen-bond acceptors (Lipinski definition) is 4. The number of benzene rings is 1. The molecule has 0 spiro atoms. The highest BCUT2D eigenvalue weighted by molar-refractivity contribution is 8.14. The molecule has 0 unspecified atom stereocenters. The topological polar surface area (TPSA) is 50.7 Å². The molecule has 1 aromatic rings. The van der Waals surface area contributed by atoms with Gasteiger partial charge in [0.25, 0.3) is 0 Å². The molecule has 1 aliphatic heterocycles. The lowest BCUT2D eigenvalue weighted by Gasteiger charge is -2.22. The lowest BCUT2D eigenvalue weighted by Crippen LogP contribution is -2.16. The van der Waals surface area contributed by atoms with Crippen molar-refractivity contribution in [1.29, 1.82) is 0 Å². The molecule has 100 valence electrons. The monoisotopic (exact) mass is 273 g/mol. The Balaban J connectivity index is 1.75. The molecule has 3 nitrogen and oxygen atoms in total. The van der Waals surface area contributed by atoms with Crippen molar-refractivity contribution in [2.24, 2.45) is 15.9 Å². The molecule has 4 heteroatoms. The van der Waals surface area contributed by atoms with E-state index in [-0.39, 0.29) is 0 Å². The summed E-state index contributed by atoms with van der Waals surface area (Å²) in [6, 6.07) is 8.89. The summed E-state index contributed by atoms with van der Waals surface area (Å²) in [5, 5.41) is 8.68. The number of amidine groups is 1. The van der Waals surface area contributed by atoms with Gasteiger partial charge in [0.05, 0.1) is 5.71 Å². The highest BCUT2D eigenvalue weighted by atomic mass is 32.2. The van der Waals surface area contributed by atoms with E-state index in [1.54, 1.807) is 11.8 Å². The average molecular weight is 273 g/mol. The Morgan fingerprint density at radius 3 is 2.37 bits per heavy atom. The number of hydrogen-bond donors (Lipinski definition) is 1. The molecule has 0 atom stereocenters. The maximum Gasteiger partial charge on any atom is 0.180 e. The molecule has 2 N–H and O–H groups in total. The van der Waals surface area contributed by atoms with Crippen molar-refractivity contribution in [3.05, 3.63) is 35.4 Å². The van der Waals surface area contributed by atoms with Crippen molar-refractivity contribution in [3.8, 4) is 0 Å². The van der Waals surface area contributed by atoms with Gasteiger partial charge in [-0.3, -0.25) is 0 Å². The van der Waals surface area contributed by atoms with Gasteiger partial charge in [-0.15, -0.1) is 5.10 Å². The fraction of sp³-hybridized carbons (Fsp3) is 0.467. The van der Waals surface area contributed by atoms with E-state index in [0.717, 1.165) is 17.4 Å². The van der Waals surface area contributed by atoms with Crippen LogP contribution in [0.1, 0.15) is 49.1 Å². The van der Waals surface area contributed by atoms with Crippen LogP contribution in [0.2, 0.25) is 0 Å². The van der Waals surface area contributed by atoms with Crippen LogP contribution in [0.5, 0.6) is 0 Å². The highest BCUT2D eigenvalue weighted by Gasteiger charge is 2.16. The van der Waals surface area contributed by atoms with E-state index in [4.69, 9.17) is 5.73 Å². The Morgan fingerprint density at radius 2 is 1.74 bits per heavy atom. The highest BCUT2D eigenvalue weighted by Crippen LogP contribution is 2.32. The van der Waals surface area contributed by atoms with Crippen LogP contribution in [-0.2, 0) is 0 Å². The zero-order valence-corrected chi connectivity index (χ0v) is 11.8. The summed E-state index contributed by atoms with van der Waals surface area (Å²) in [7, 11) is 0. The lowest BCUT2D eigenvalue weighted by molar-refractivity contribution is 0.443. The quantitative estimate of drug-likeness (QED) is 0.896. The summed E-state index contributed by atoms with van der Waals surface area (Å²) in [5.41, 5.74) is 9.28. The van der Waals surface area contributed by atoms with Gasteiger partial charge in [0.15, 0.2) is 5.17 Å². The van der Waals surface area contributed by atoms with E-state index in [9.17, 15) is 0 Å². The molecule has 1 heterocycles. The zero-order chi connectivity index (χ0) is 13.1. The molecule has 0 saturated heterocycles. The fourth-order valence-electron chi connectivity index (χ4n) is 2.83. The molecule has 19 heavy (non-hydrogen) atoms. The maximum atomic E-state index is 5.60. The molecule has 1 saturated carbocycles. The van der Waals surface area contributed by atoms with E-state index in [1.807, 2.05) is 0 Å². The molecule has 0 bridgehead atoms. The van der Waals surface area contributed by atoms with Crippen LogP contribution in [0.4, 0.5) is 0 Å². The Morgan fingerprint density at radius 1 is 1.00 bits per heavy atom. The summed E-state index contributed by atoms with van der Waals surface area (Å²) in [6.45, 7) is 0. The molecular formula is C15H19N3S. The first-order valence-corrected chi connectivity index (χ1v) is 7.94. The number of nitrogens with zero attached hydrogens (tertiary/aromatic N) is 2. The van der Waals surface area contributed by atoms with Gasteiger partial charge < -0.3 is 5.73 Å². The van der Waals surface area contributed by atoms with Crippen molar-refractivity contribution in [3.63, 3.8) is 0 Å². The third kappa shape index (κ3) is 3.00. The van der Waals surface area contributed by atoms with Crippen LogP contribution >= 0.6 is 11.8 Å². The van der Waals surface area contributed by atoms with Crippen molar-refractivity contribution >= 4 is 22.6 Å².